The van der Waals surface area contributed by atoms with Crippen LogP contribution in [0.15, 0.2) is 40.0 Å². The monoisotopic (exact) mass is 519 g/mol. The summed E-state index contributed by atoms with van der Waals surface area (Å²) in [4.78, 5) is 4.49. The molecule has 0 amide bonds. The van der Waals surface area contributed by atoms with Crippen molar-refractivity contribution in [2.24, 2.45) is 4.99 Å². The van der Waals surface area contributed by atoms with Gasteiger partial charge in [0.25, 0.3) is 0 Å². The number of hydrogen-bond donors (Lipinski definition) is 3. The van der Waals surface area contributed by atoms with Gasteiger partial charge in [0.15, 0.2) is 17.5 Å². The van der Waals surface area contributed by atoms with Gasteiger partial charge in [-0.15, -0.1) is 24.0 Å². The second-order valence-corrected chi connectivity index (χ2v) is 7.05. The normalized spacial score (nSPS) is 14.8. The highest BCUT2D eigenvalue weighted by atomic mass is 127. The van der Waals surface area contributed by atoms with Gasteiger partial charge in [0.05, 0.1) is 13.1 Å². The second-order valence-electron chi connectivity index (χ2n) is 6.27. The zero-order valence-electron chi connectivity index (χ0n) is 15.9. The van der Waals surface area contributed by atoms with Crippen LogP contribution < -0.4 is 24.8 Å². The number of benzene rings is 1. The van der Waals surface area contributed by atoms with Crippen molar-refractivity contribution in [1.29, 1.82) is 0 Å². The Labute approximate surface area is 186 Å². The molecule has 3 rings (SSSR count). The van der Waals surface area contributed by atoms with Crippen LogP contribution in [0.4, 0.5) is 0 Å². The molecule has 154 valence electrons. The van der Waals surface area contributed by atoms with Crippen LogP contribution in [0.5, 0.6) is 17.2 Å². The average Bonchev–Trinajstić information content (AvgIpc) is 3.34. The number of thiophene rings is 1. The maximum Gasteiger partial charge on any atom is 0.231 e. The number of ether oxygens (including phenoxy) is 3. The van der Waals surface area contributed by atoms with E-state index in [-0.39, 0.29) is 37.3 Å². The number of aliphatic hydroxyl groups is 1. The Morgan fingerprint density at radius 2 is 2.11 bits per heavy atom. The van der Waals surface area contributed by atoms with Crippen LogP contribution >= 0.6 is 35.3 Å². The van der Waals surface area contributed by atoms with Crippen molar-refractivity contribution >= 4 is 41.3 Å². The van der Waals surface area contributed by atoms with E-state index in [1.165, 1.54) is 0 Å². The van der Waals surface area contributed by atoms with Gasteiger partial charge in [-0.25, -0.2) is 4.99 Å². The molecule has 0 spiro atoms. The van der Waals surface area contributed by atoms with Crippen LogP contribution in [-0.2, 0) is 5.60 Å². The van der Waals surface area contributed by atoms with Gasteiger partial charge in [-0.05, 0) is 48.4 Å². The standard InChI is InChI=1S/C19H25N3O4S.HI/c1-3-20-18(22-12-19(2,23)14-6-9-27-11-14)21-7-8-24-15-4-5-16-17(10-15)26-13-25-16;/h4-6,9-11,23H,3,7-8,12-13H2,1-2H3,(H2,20,21,22);1H. The summed E-state index contributed by atoms with van der Waals surface area (Å²) in [7, 11) is 0. The molecule has 0 radical (unpaired) electrons. The minimum Gasteiger partial charge on any atom is -0.492 e. The SMILES string of the molecule is CCNC(=NCC(C)(O)c1ccsc1)NCCOc1ccc2c(c1)OCO2.I. The Balaban J connectivity index is 0.00000280. The Bertz CT molecular complexity index is 769. The van der Waals surface area contributed by atoms with E-state index in [2.05, 4.69) is 15.6 Å². The number of hydrogen-bond acceptors (Lipinski definition) is 6. The lowest BCUT2D eigenvalue weighted by Crippen LogP contribution is -2.40. The Morgan fingerprint density at radius 3 is 2.86 bits per heavy atom. The molecule has 0 fully saturated rings. The van der Waals surface area contributed by atoms with E-state index >= 15 is 0 Å². The smallest absolute Gasteiger partial charge is 0.231 e. The molecule has 28 heavy (non-hydrogen) atoms. The molecule has 2 aromatic rings. The van der Waals surface area contributed by atoms with Crippen molar-refractivity contribution in [3.63, 3.8) is 0 Å². The number of rotatable bonds is 8. The summed E-state index contributed by atoms with van der Waals surface area (Å²) in [5, 5.41) is 20.9. The Morgan fingerprint density at radius 1 is 1.29 bits per heavy atom. The number of halogens is 1. The molecular formula is C19H26IN3O4S. The molecular weight excluding hydrogens is 493 g/mol. The van der Waals surface area contributed by atoms with E-state index in [1.807, 2.05) is 41.9 Å². The maximum atomic E-state index is 10.6. The largest absolute Gasteiger partial charge is 0.492 e. The van der Waals surface area contributed by atoms with Gasteiger partial charge in [-0.1, -0.05) is 0 Å². The van der Waals surface area contributed by atoms with Gasteiger partial charge in [-0.3, -0.25) is 0 Å². The predicted octanol–water partition coefficient (Wildman–Crippen LogP) is 2.94. The highest BCUT2D eigenvalue weighted by Gasteiger charge is 2.23. The molecule has 1 aromatic carbocycles. The summed E-state index contributed by atoms with van der Waals surface area (Å²) in [6, 6.07) is 7.42. The molecule has 0 saturated carbocycles. The van der Waals surface area contributed by atoms with Gasteiger partial charge >= 0.3 is 0 Å². The van der Waals surface area contributed by atoms with Crippen LogP contribution in [0.1, 0.15) is 19.4 Å². The Kier molecular flexibility index (Phi) is 8.64. The quantitative estimate of drug-likeness (QED) is 0.215. The van der Waals surface area contributed by atoms with Crippen LogP contribution in [-0.4, -0.2) is 44.1 Å². The number of aliphatic imine (C=N–C) groups is 1. The molecule has 1 aliphatic heterocycles. The highest BCUT2D eigenvalue weighted by Crippen LogP contribution is 2.35. The molecule has 7 nitrogen and oxygen atoms in total. The molecule has 3 N–H and O–H groups in total. The lowest BCUT2D eigenvalue weighted by Gasteiger charge is -2.21. The van der Waals surface area contributed by atoms with Crippen molar-refractivity contribution in [3.8, 4) is 17.2 Å². The van der Waals surface area contributed by atoms with Crippen LogP contribution in [0.3, 0.4) is 0 Å². The molecule has 0 bridgehead atoms. The van der Waals surface area contributed by atoms with Crippen molar-refractivity contribution in [2.75, 3.05) is 33.0 Å². The lowest BCUT2D eigenvalue weighted by molar-refractivity contribution is 0.0677. The van der Waals surface area contributed by atoms with Crippen LogP contribution in [0.2, 0.25) is 0 Å². The molecule has 9 heteroatoms. The first-order chi connectivity index (χ1) is 13.1. The highest BCUT2D eigenvalue weighted by molar-refractivity contribution is 14.0. The van der Waals surface area contributed by atoms with E-state index in [1.54, 1.807) is 18.3 Å². The number of fused-ring (bicyclic) bond motifs is 1. The number of nitrogens with zero attached hydrogens (tertiary/aromatic N) is 1. The zero-order valence-corrected chi connectivity index (χ0v) is 19.1. The number of guanidine groups is 1. The van der Waals surface area contributed by atoms with Gasteiger partial charge in [0, 0.05) is 12.6 Å². The Hall–Kier alpha value is -1.72. The van der Waals surface area contributed by atoms with E-state index in [0.29, 0.717) is 24.9 Å². The van der Waals surface area contributed by atoms with Gasteiger partial charge in [0.1, 0.15) is 18.0 Å². The maximum absolute atomic E-state index is 10.6. The fourth-order valence-electron chi connectivity index (χ4n) is 2.54. The third-order valence-corrected chi connectivity index (χ3v) is 4.72. The molecule has 1 atom stereocenters. The molecule has 1 aliphatic rings. The van der Waals surface area contributed by atoms with Crippen molar-refractivity contribution in [2.45, 2.75) is 19.4 Å². The number of nitrogens with one attached hydrogen (secondary N) is 2. The summed E-state index contributed by atoms with van der Waals surface area (Å²) >= 11 is 1.56. The second kappa shape index (κ2) is 10.7. The minimum atomic E-state index is -0.995. The summed E-state index contributed by atoms with van der Waals surface area (Å²) in [6.07, 6.45) is 0. The van der Waals surface area contributed by atoms with Crippen LogP contribution in [0, 0.1) is 0 Å². The van der Waals surface area contributed by atoms with E-state index in [0.717, 1.165) is 23.6 Å². The van der Waals surface area contributed by atoms with Gasteiger partial charge in [-0.2, -0.15) is 11.3 Å². The molecule has 0 aliphatic carbocycles. The first-order valence-electron chi connectivity index (χ1n) is 8.88. The van der Waals surface area contributed by atoms with E-state index in [9.17, 15) is 5.11 Å². The minimum absolute atomic E-state index is 0. The first kappa shape index (κ1) is 22.6. The summed E-state index contributed by atoms with van der Waals surface area (Å²) in [6.45, 7) is 6.05. The fraction of sp³-hybridized carbons (Fsp3) is 0.421. The zero-order chi connectivity index (χ0) is 19.1. The molecule has 1 unspecified atom stereocenters. The lowest BCUT2D eigenvalue weighted by atomic mass is 10.00. The van der Waals surface area contributed by atoms with Crippen molar-refractivity contribution in [3.05, 3.63) is 40.6 Å². The molecule has 0 saturated heterocycles. The third kappa shape index (κ3) is 6.14. The third-order valence-electron chi connectivity index (χ3n) is 4.04. The summed E-state index contributed by atoms with van der Waals surface area (Å²) in [5.74, 6) is 2.80. The van der Waals surface area contributed by atoms with Gasteiger partial charge in [0.2, 0.25) is 6.79 Å². The topological polar surface area (TPSA) is 84.3 Å². The fourth-order valence-corrected chi connectivity index (χ4v) is 3.32. The summed E-state index contributed by atoms with van der Waals surface area (Å²) in [5.41, 5.74) is -0.121. The molecule has 1 aromatic heterocycles. The predicted molar refractivity (Wildman–Crippen MR) is 121 cm³/mol. The van der Waals surface area contributed by atoms with E-state index < -0.39 is 5.60 Å². The summed E-state index contributed by atoms with van der Waals surface area (Å²) < 4.78 is 16.4. The van der Waals surface area contributed by atoms with Crippen molar-refractivity contribution < 1.29 is 19.3 Å². The van der Waals surface area contributed by atoms with Crippen molar-refractivity contribution in [1.82, 2.24) is 10.6 Å². The molecule has 2 heterocycles. The first-order valence-corrected chi connectivity index (χ1v) is 9.82. The van der Waals surface area contributed by atoms with E-state index in [4.69, 9.17) is 14.2 Å². The average molecular weight is 519 g/mol. The van der Waals surface area contributed by atoms with Gasteiger partial charge < -0.3 is 30.0 Å². The van der Waals surface area contributed by atoms with Crippen LogP contribution in [0.25, 0.3) is 0 Å².